The number of pyridine rings is 1. The molecule has 1 nitrogen and oxygen atoms in total. The second kappa shape index (κ2) is 11.4. The summed E-state index contributed by atoms with van der Waals surface area (Å²) in [6, 6.07) is 10.3. The van der Waals surface area contributed by atoms with Crippen LogP contribution in [0.15, 0.2) is 36.5 Å². The SMILES string of the molecule is C1CCCCCCC1.Cc1cc2ccccc2cn1.[B]C. The molecule has 1 aromatic carbocycles. The number of fused-ring (bicyclic) bond motifs is 1. The van der Waals surface area contributed by atoms with E-state index in [9.17, 15) is 0 Å². The Hall–Kier alpha value is -1.31. The maximum atomic E-state index is 4.50. The van der Waals surface area contributed by atoms with E-state index in [0.717, 1.165) is 5.69 Å². The molecule has 1 aliphatic carbocycles. The Balaban J connectivity index is 0.000000196. The number of nitrogens with zero attached hydrogens (tertiary/aromatic N) is 1. The van der Waals surface area contributed by atoms with E-state index in [2.05, 4.69) is 31.0 Å². The lowest BCUT2D eigenvalue weighted by Gasteiger charge is -2.05. The van der Waals surface area contributed by atoms with E-state index in [0.29, 0.717) is 0 Å². The highest BCUT2D eigenvalue weighted by atomic mass is 14.6. The minimum Gasteiger partial charge on any atom is -0.261 e. The van der Waals surface area contributed by atoms with E-state index in [1.165, 1.54) is 69.0 Å². The van der Waals surface area contributed by atoms with Crippen molar-refractivity contribution in [3.8, 4) is 0 Å². The Morgan fingerprint density at radius 3 is 1.67 bits per heavy atom. The highest BCUT2D eigenvalue weighted by Gasteiger charge is 1.95. The molecule has 0 saturated heterocycles. The topological polar surface area (TPSA) is 12.9 Å². The number of aryl methyl sites for hydroxylation is 1. The highest BCUT2D eigenvalue weighted by Crippen LogP contribution is 2.15. The molecule has 0 atom stereocenters. The van der Waals surface area contributed by atoms with Gasteiger partial charge in [0.15, 0.2) is 0 Å². The smallest absolute Gasteiger partial charge is 0.0606 e. The van der Waals surface area contributed by atoms with Crippen molar-refractivity contribution < 1.29 is 0 Å². The van der Waals surface area contributed by atoms with Gasteiger partial charge in [-0.15, -0.1) is 0 Å². The van der Waals surface area contributed by atoms with Crippen LogP contribution in [0.4, 0.5) is 0 Å². The van der Waals surface area contributed by atoms with Crippen LogP contribution in [0.3, 0.4) is 0 Å². The van der Waals surface area contributed by atoms with Crippen molar-refractivity contribution in [2.45, 2.75) is 65.1 Å². The fraction of sp³-hybridized carbons (Fsp3) is 0.526. The summed E-state index contributed by atoms with van der Waals surface area (Å²) in [4.78, 5) is 4.21. The standard InChI is InChI=1S/C10H9N.C8H16.CH3B/c1-8-6-9-4-2-3-5-10(9)7-11-8;1-2-4-6-8-7-5-3-1;1-2/h2-7H,1H3;1-8H2;1H3. The zero-order chi connectivity index (χ0) is 15.3. The molecule has 0 amide bonds. The normalized spacial score (nSPS) is 14.8. The molecule has 0 bridgehead atoms. The average Bonchev–Trinajstić information content (AvgIpc) is 2.49. The van der Waals surface area contributed by atoms with Crippen molar-refractivity contribution in [1.82, 2.24) is 4.98 Å². The van der Waals surface area contributed by atoms with Crippen LogP contribution in [-0.4, -0.2) is 12.8 Å². The van der Waals surface area contributed by atoms with Gasteiger partial charge < -0.3 is 0 Å². The van der Waals surface area contributed by atoms with Crippen LogP contribution in [0.2, 0.25) is 6.82 Å². The Bertz CT molecular complexity index is 472. The Labute approximate surface area is 131 Å². The molecule has 0 unspecified atom stereocenters. The van der Waals surface area contributed by atoms with Gasteiger partial charge in [0, 0.05) is 17.3 Å². The predicted octanol–water partition coefficient (Wildman–Crippen LogP) is 5.87. The van der Waals surface area contributed by atoms with Crippen molar-refractivity contribution in [2.75, 3.05) is 0 Å². The van der Waals surface area contributed by atoms with Crippen LogP contribution in [-0.2, 0) is 0 Å². The number of hydrogen-bond donors (Lipinski definition) is 0. The van der Waals surface area contributed by atoms with Gasteiger partial charge in [-0.1, -0.05) is 82.5 Å². The number of benzene rings is 1. The molecule has 1 aliphatic rings. The number of aromatic nitrogens is 1. The minimum absolute atomic E-state index is 1.07. The third-order valence-corrected chi connectivity index (χ3v) is 3.77. The molecule has 2 radical (unpaired) electrons. The van der Waals surface area contributed by atoms with Crippen molar-refractivity contribution >= 4 is 18.6 Å². The van der Waals surface area contributed by atoms with Crippen LogP contribution >= 0.6 is 0 Å². The Kier molecular flexibility index (Phi) is 9.60. The Morgan fingerprint density at radius 1 is 0.762 bits per heavy atom. The van der Waals surface area contributed by atoms with E-state index in [1.54, 1.807) is 0 Å². The highest BCUT2D eigenvalue weighted by molar-refractivity contribution is 6.05. The van der Waals surface area contributed by atoms with Gasteiger partial charge in [0.2, 0.25) is 0 Å². The molecule has 1 saturated carbocycles. The van der Waals surface area contributed by atoms with Crippen molar-refractivity contribution in [2.24, 2.45) is 0 Å². The third kappa shape index (κ3) is 7.31. The van der Waals surface area contributed by atoms with E-state index in [1.807, 2.05) is 25.3 Å². The summed E-state index contributed by atoms with van der Waals surface area (Å²) in [6.07, 6.45) is 13.9. The van der Waals surface area contributed by atoms with E-state index < -0.39 is 0 Å². The fourth-order valence-electron chi connectivity index (χ4n) is 2.61. The Morgan fingerprint density at radius 2 is 1.19 bits per heavy atom. The first-order valence-electron chi connectivity index (χ1n) is 8.25. The molecular weight excluding hydrogens is 253 g/mol. The van der Waals surface area contributed by atoms with Crippen LogP contribution in [0.5, 0.6) is 0 Å². The minimum atomic E-state index is 1.07. The lowest BCUT2D eigenvalue weighted by Crippen LogP contribution is -1.85. The first-order valence-corrected chi connectivity index (χ1v) is 8.25. The largest absolute Gasteiger partial charge is 0.261 e. The van der Waals surface area contributed by atoms with Gasteiger partial charge in [0.25, 0.3) is 0 Å². The molecule has 112 valence electrons. The summed E-state index contributed by atoms with van der Waals surface area (Å²) in [7, 11) is 4.50. The van der Waals surface area contributed by atoms with Gasteiger partial charge in [-0.2, -0.15) is 0 Å². The maximum absolute atomic E-state index is 4.50. The third-order valence-electron chi connectivity index (χ3n) is 3.77. The van der Waals surface area contributed by atoms with Gasteiger partial charge in [0.05, 0.1) is 7.85 Å². The molecule has 0 spiro atoms. The lowest BCUT2D eigenvalue weighted by molar-refractivity contribution is 0.504. The van der Waals surface area contributed by atoms with Crippen LogP contribution in [0, 0.1) is 6.92 Å². The fourth-order valence-corrected chi connectivity index (χ4v) is 2.61. The van der Waals surface area contributed by atoms with E-state index in [4.69, 9.17) is 0 Å². The second-order valence-electron chi connectivity index (χ2n) is 5.50. The molecular formula is C19H28BN. The summed E-state index contributed by atoms with van der Waals surface area (Å²) in [6.45, 7) is 3.51. The van der Waals surface area contributed by atoms with Crippen LogP contribution in [0.1, 0.15) is 57.1 Å². The first kappa shape index (κ1) is 17.7. The zero-order valence-corrected chi connectivity index (χ0v) is 13.6. The van der Waals surface area contributed by atoms with E-state index in [-0.39, 0.29) is 0 Å². The van der Waals surface area contributed by atoms with E-state index >= 15 is 0 Å². The van der Waals surface area contributed by atoms with Crippen molar-refractivity contribution in [3.63, 3.8) is 0 Å². The molecule has 0 N–H and O–H groups in total. The second-order valence-corrected chi connectivity index (χ2v) is 5.50. The van der Waals surface area contributed by atoms with Crippen LogP contribution in [0.25, 0.3) is 10.8 Å². The van der Waals surface area contributed by atoms with Gasteiger partial charge in [0.1, 0.15) is 0 Å². The van der Waals surface area contributed by atoms with Gasteiger partial charge in [-0.05, 0) is 18.4 Å². The van der Waals surface area contributed by atoms with Gasteiger partial charge in [-0.25, -0.2) is 0 Å². The lowest BCUT2D eigenvalue weighted by atomic mass is 10.0. The summed E-state index contributed by atoms with van der Waals surface area (Å²) in [5.74, 6) is 0. The summed E-state index contributed by atoms with van der Waals surface area (Å²) in [5, 5.41) is 2.47. The molecule has 1 heterocycles. The molecule has 1 fully saturated rings. The molecule has 0 aliphatic heterocycles. The molecule has 2 aromatic rings. The summed E-state index contributed by atoms with van der Waals surface area (Å²) in [5.41, 5.74) is 1.07. The number of rotatable bonds is 0. The molecule has 2 heteroatoms. The molecule has 21 heavy (non-hydrogen) atoms. The van der Waals surface area contributed by atoms with Crippen molar-refractivity contribution in [1.29, 1.82) is 0 Å². The molecule has 3 rings (SSSR count). The monoisotopic (exact) mass is 281 g/mol. The van der Waals surface area contributed by atoms with Gasteiger partial charge >= 0.3 is 0 Å². The summed E-state index contributed by atoms with van der Waals surface area (Å²) < 4.78 is 0. The zero-order valence-electron chi connectivity index (χ0n) is 13.6. The van der Waals surface area contributed by atoms with Gasteiger partial charge in [-0.3, -0.25) is 4.98 Å². The molecule has 1 aromatic heterocycles. The quantitative estimate of drug-likeness (QED) is 0.550. The first-order chi connectivity index (χ1) is 10.4. The maximum Gasteiger partial charge on any atom is 0.0606 e. The number of hydrogen-bond acceptors (Lipinski definition) is 1. The summed E-state index contributed by atoms with van der Waals surface area (Å²) >= 11 is 0. The predicted molar refractivity (Wildman–Crippen MR) is 95.0 cm³/mol. The van der Waals surface area contributed by atoms with Crippen LogP contribution < -0.4 is 0 Å². The average molecular weight is 281 g/mol. The van der Waals surface area contributed by atoms with Crippen molar-refractivity contribution in [3.05, 3.63) is 42.2 Å².